The van der Waals surface area contributed by atoms with E-state index in [0.717, 1.165) is 18.2 Å². The summed E-state index contributed by atoms with van der Waals surface area (Å²) < 4.78 is 12.6. The van der Waals surface area contributed by atoms with E-state index in [2.05, 4.69) is 4.98 Å². The fraction of sp³-hybridized carbons (Fsp3) is 0.250. The zero-order valence-corrected chi connectivity index (χ0v) is 15.0. The van der Waals surface area contributed by atoms with Crippen molar-refractivity contribution in [3.05, 3.63) is 57.8 Å². The third kappa shape index (κ3) is 5.77. The van der Waals surface area contributed by atoms with Gasteiger partial charge in [-0.3, -0.25) is 19.5 Å². The van der Waals surface area contributed by atoms with Gasteiger partial charge in [-0.05, 0) is 24.1 Å². The van der Waals surface area contributed by atoms with Gasteiger partial charge >= 0.3 is 5.97 Å². The molecule has 0 radical (unpaired) electrons. The molecule has 0 saturated carbocycles. The molecular formula is C16H18N3O7P. The lowest BCUT2D eigenvalue weighted by Gasteiger charge is -2.18. The first kappa shape index (κ1) is 20.3. The highest BCUT2D eigenvalue weighted by Gasteiger charge is 2.30. The first-order valence-electron chi connectivity index (χ1n) is 7.78. The molecule has 1 heterocycles. The Balaban J connectivity index is 2.18. The molecule has 0 saturated heterocycles. The van der Waals surface area contributed by atoms with E-state index in [1.54, 1.807) is 6.07 Å². The second-order valence-corrected chi connectivity index (χ2v) is 8.46. The number of anilines is 1. The number of aliphatic carboxylic acids is 1. The summed E-state index contributed by atoms with van der Waals surface area (Å²) in [4.78, 5) is 35.7. The van der Waals surface area contributed by atoms with Crippen LogP contribution >= 0.6 is 7.37 Å². The number of hydrogen-bond donors (Lipinski definition) is 4. The van der Waals surface area contributed by atoms with Crippen LogP contribution in [-0.2, 0) is 21.9 Å². The third-order valence-electron chi connectivity index (χ3n) is 3.88. The van der Waals surface area contributed by atoms with Gasteiger partial charge in [-0.1, -0.05) is 6.07 Å². The zero-order valence-electron chi connectivity index (χ0n) is 14.1. The predicted octanol–water partition coefficient (Wildman–Crippen LogP) is 1.99. The van der Waals surface area contributed by atoms with Crippen molar-refractivity contribution in [2.75, 3.05) is 11.9 Å². The average Bonchev–Trinajstić information content (AvgIpc) is 2.57. The van der Waals surface area contributed by atoms with Crippen molar-refractivity contribution in [1.82, 2.24) is 4.98 Å². The molecule has 1 aromatic heterocycles. The summed E-state index contributed by atoms with van der Waals surface area (Å²) in [5, 5.41) is 30.0. The Morgan fingerprint density at radius 2 is 2.04 bits per heavy atom. The van der Waals surface area contributed by atoms with Gasteiger partial charge < -0.3 is 20.8 Å². The molecule has 0 bridgehead atoms. The van der Waals surface area contributed by atoms with Crippen LogP contribution in [0, 0.1) is 16.0 Å². The lowest BCUT2D eigenvalue weighted by atomic mass is 10.0. The first-order valence-corrected chi connectivity index (χ1v) is 9.81. The molecule has 0 aliphatic rings. The van der Waals surface area contributed by atoms with Gasteiger partial charge in [0.2, 0.25) is 7.37 Å². The highest BCUT2D eigenvalue weighted by Crippen LogP contribution is 2.48. The summed E-state index contributed by atoms with van der Waals surface area (Å²) in [6.07, 6.45) is 0.215. The maximum absolute atomic E-state index is 12.6. The van der Waals surface area contributed by atoms with Crippen LogP contribution in [0.5, 0.6) is 5.75 Å². The highest BCUT2D eigenvalue weighted by molar-refractivity contribution is 7.57. The van der Waals surface area contributed by atoms with Crippen LogP contribution in [0.2, 0.25) is 0 Å². The van der Waals surface area contributed by atoms with Crippen LogP contribution in [0.1, 0.15) is 11.1 Å². The van der Waals surface area contributed by atoms with Crippen molar-refractivity contribution in [1.29, 1.82) is 0 Å². The van der Waals surface area contributed by atoms with E-state index in [4.69, 9.17) is 5.73 Å². The van der Waals surface area contributed by atoms with Crippen LogP contribution in [0.4, 0.5) is 11.5 Å². The molecule has 2 aromatic rings. The van der Waals surface area contributed by atoms with Crippen LogP contribution in [0.15, 0.2) is 36.5 Å². The number of aromatic hydroxyl groups is 1. The van der Waals surface area contributed by atoms with Crippen LogP contribution in [-0.4, -0.2) is 37.1 Å². The molecule has 5 N–H and O–H groups in total. The topological polar surface area (TPSA) is 177 Å². The smallest absolute Gasteiger partial charge is 0.307 e. The number of hydrogen-bond acceptors (Lipinski definition) is 7. The number of aromatic nitrogens is 1. The third-order valence-corrected chi connectivity index (χ3v) is 5.72. The number of benzene rings is 1. The van der Waals surface area contributed by atoms with Crippen molar-refractivity contribution in [2.24, 2.45) is 5.92 Å². The summed E-state index contributed by atoms with van der Waals surface area (Å²) in [7, 11) is -4.06. The van der Waals surface area contributed by atoms with Gasteiger partial charge in [-0.15, -0.1) is 0 Å². The maximum atomic E-state index is 12.6. The molecule has 0 aliphatic heterocycles. The lowest BCUT2D eigenvalue weighted by molar-refractivity contribution is -0.384. The summed E-state index contributed by atoms with van der Waals surface area (Å²) in [5.74, 6) is -2.54. The summed E-state index contributed by atoms with van der Waals surface area (Å²) >= 11 is 0. The molecule has 1 aromatic carbocycles. The van der Waals surface area contributed by atoms with E-state index < -0.39 is 36.5 Å². The summed E-state index contributed by atoms with van der Waals surface area (Å²) in [5.41, 5.74) is 5.57. The minimum absolute atomic E-state index is 0.0336. The molecule has 2 atom stereocenters. The number of carboxylic acid groups (broad SMARTS) is 1. The van der Waals surface area contributed by atoms with Gasteiger partial charge in [-0.2, -0.15) is 0 Å². The van der Waals surface area contributed by atoms with Gasteiger partial charge in [0.15, 0.2) is 0 Å². The number of nitro benzene ring substituents is 1. The highest BCUT2D eigenvalue weighted by atomic mass is 31.2. The van der Waals surface area contributed by atoms with E-state index in [0.29, 0.717) is 5.56 Å². The second-order valence-electron chi connectivity index (χ2n) is 6.09. The standard InChI is InChI=1S/C16H18N3O7P/c17-15-4-1-10(7-18-15)5-12(16(21)22)9-27(25,26)8-11-6-13(19(23)24)2-3-14(11)20/h1-4,6-7,12,20H,5,8-9H2,(H2,17,18)(H,21,22)(H,25,26). The number of rotatable bonds is 8. The second kappa shape index (κ2) is 8.15. The number of carboxylic acids is 1. The number of phenolic OH excluding ortho intramolecular Hbond substituents is 1. The number of nitro groups is 1. The Morgan fingerprint density at radius 1 is 1.33 bits per heavy atom. The maximum Gasteiger partial charge on any atom is 0.307 e. The number of non-ortho nitro benzene ring substituents is 1. The molecule has 0 amide bonds. The number of nitrogen functional groups attached to an aromatic ring is 1. The van der Waals surface area contributed by atoms with Crippen LogP contribution in [0.3, 0.4) is 0 Å². The monoisotopic (exact) mass is 395 g/mol. The van der Waals surface area contributed by atoms with Crippen molar-refractivity contribution in [3.8, 4) is 5.75 Å². The lowest BCUT2D eigenvalue weighted by Crippen LogP contribution is -2.21. The van der Waals surface area contributed by atoms with E-state index in [1.165, 1.54) is 12.3 Å². The number of nitrogens with two attached hydrogens (primary N) is 1. The molecule has 11 heteroatoms. The van der Waals surface area contributed by atoms with E-state index in [1.807, 2.05) is 0 Å². The number of phenols is 1. The van der Waals surface area contributed by atoms with Crippen LogP contribution in [0.25, 0.3) is 0 Å². The Kier molecular flexibility index (Phi) is 6.14. The van der Waals surface area contributed by atoms with Crippen molar-refractivity contribution in [3.63, 3.8) is 0 Å². The van der Waals surface area contributed by atoms with Gasteiger partial charge in [0, 0.05) is 30.1 Å². The molecule has 2 unspecified atom stereocenters. The molecule has 27 heavy (non-hydrogen) atoms. The van der Waals surface area contributed by atoms with Gasteiger partial charge in [0.05, 0.1) is 17.0 Å². The van der Waals surface area contributed by atoms with E-state index in [9.17, 15) is 34.6 Å². The number of pyridine rings is 1. The van der Waals surface area contributed by atoms with E-state index >= 15 is 0 Å². The minimum atomic E-state index is -4.06. The van der Waals surface area contributed by atoms with Crippen molar-refractivity contribution >= 4 is 24.8 Å². The fourth-order valence-electron chi connectivity index (χ4n) is 2.56. The van der Waals surface area contributed by atoms with Gasteiger partial charge in [0.1, 0.15) is 11.6 Å². The van der Waals surface area contributed by atoms with E-state index in [-0.39, 0.29) is 29.2 Å². The molecule has 0 aliphatic carbocycles. The van der Waals surface area contributed by atoms with Gasteiger partial charge in [-0.25, -0.2) is 4.98 Å². The molecule has 0 fully saturated rings. The molecule has 2 rings (SSSR count). The summed E-state index contributed by atoms with van der Waals surface area (Å²) in [6, 6.07) is 6.19. The van der Waals surface area contributed by atoms with Crippen molar-refractivity contribution in [2.45, 2.75) is 12.6 Å². The molecule has 144 valence electrons. The quantitative estimate of drug-likeness (QED) is 0.295. The molecular weight excluding hydrogens is 377 g/mol. The Labute approximate surface area is 153 Å². The summed E-state index contributed by atoms with van der Waals surface area (Å²) in [6.45, 7) is 0. The minimum Gasteiger partial charge on any atom is -0.508 e. The molecule has 10 nitrogen and oxygen atoms in total. The first-order chi connectivity index (χ1) is 12.6. The average molecular weight is 395 g/mol. The fourth-order valence-corrected chi connectivity index (χ4v) is 4.45. The Morgan fingerprint density at radius 3 is 2.59 bits per heavy atom. The Hall–Kier alpha value is -2.97. The largest absolute Gasteiger partial charge is 0.508 e. The predicted molar refractivity (Wildman–Crippen MR) is 96.6 cm³/mol. The van der Waals surface area contributed by atoms with Crippen molar-refractivity contribution < 1.29 is 29.4 Å². The number of carbonyl (C=O) groups is 1. The zero-order chi connectivity index (χ0) is 20.2. The van der Waals surface area contributed by atoms with Gasteiger partial charge in [0.25, 0.3) is 5.69 Å². The molecule has 0 spiro atoms. The SMILES string of the molecule is Nc1ccc(CC(CP(=O)(O)Cc2cc([N+](=O)[O-])ccc2O)C(=O)O)cn1. The van der Waals surface area contributed by atoms with Crippen LogP contribution < -0.4 is 5.73 Å². The normalized spacial score (nSPS) is 14.3. The number of nitrogens with zero attached hydrogens (tertiary/aromatic N) is 2. The Bertz CT molecular complexity index is 901.